The number of carbonyl (C=O) groups excluding carboxylic acids is 1. The minimum absolute atomic E-state index is 0.260. The molecule has 2 aliphatic heterocycles. The summed E-state index contributed by atoms with van der Waals surface area (Å²) in [6.07, 6.45) is 7.07. The fourth-order valence-electron chi connectivity index (χ4n) is 5.15. The molecule has 2 saturated heterocycles. The highest BCUT2D eigenvalue weighted by molar-refractivity contribution is 5.91. The molecular formula is C23H29N3O2. The Morgan fingerprint density at radius 2 is 1.89 bits per heavy atom. The van der Waals surface area contributed by atoms with Gasteiger partial charge in [-0.15, -0.1) is 0 Å². The number of hydrogen-bond donors (Lipinski definition) is 0. The van der Waals surface area contributed by atoms with Gasteiger partial charge in [0.1, 0.15) is 5.82 Å². The summed E-state index contributed by atoms with van der Waals surface area (Å²) in [6.45, 7) is 5.45. The van der Waals surface area contributed by atoms with E-state index in [1.54, 1.807) is 0 Å². The second-order valence-corrected chi connectivity index (χ2v) is 8.66. The van der Waals surface area contributed by atoms with Crippen molar-refractivity contribution >= 4 is 5.91 Å². The zero-order valence-electron chi connectivity index (χ0n) is 16.6. The lowest BCUT2D eigenvalue weighted by Crippen LogP contribution is -2.38. The van der Waals surface area contributed by atoms with Crippen LogP contribution in [0.1, 0.15) is 61.1 Å². The summed E-state index contributed by atoms with van der Waals surface area (Å²) >= 11 is 0. The number of benzene rings is 1. The number of rotatable bonds is 4. The van der Waals surface area contributed by atoms with Gasteiger partial charge in [-0.2, -0.15) is 0 Å². The molecule has 1 aliphatic carbocycles. The highest BCUT2D eigenvalue weighted by Gasteiger charge is 2.53. The Bertz CT molecular complexity index is 850. The van der Waals surface area contributed by atoms with Crippen LogP contribution >= 0.6 is 0 Å². The van der Waals surface area contributed by atoms with Crippen LogP contribution < -0.4 is 0 Å². The van der Waals surface area contributed by atoms with Crippen molar-refractivity contribution in [3.63, 3.8) is 0 Å². The summed E-state index contributed by atoms with van der Waals surface area (Å²) in [5.74, 6) is 2.00. The normalized spacial score (nSPS) is 24.5. The number of aromatic nitrogens is 2. The predicted octanol–water partition coefficient (Wildman–Crippen LogP) is 3.59. The summed E-state index contributed by atoms with van der Waals surface area (Å²) in [4.78, 5) is 20.3. The van der Waals surface area contributed by atoms with Crippen molar-refractivity contribution in [3.8, 4) is 0 Å². The number of carbonyl (C=O) groups is 1. The first-order valence-corrected chi connectivity index (χ1v) is 10.7. The molecule has 28 heavy (non-hydrogen) atoms. The van der Waals surface area contributed by atoms with E-state index in [1.165, 1.54) is 17.1 Å². The number of ether oxygens (including phenoxy) is 1. The lowest BCUT2D eigenvalue weighted by Gasteiger charge is -2.27. The average Bonchev–Trinajstić information content (AvgIpc) is 3.26. The van der Waals surface area contributed by atoms with Crippen LogP contribution in [0.15, 0.2) is 36.5 Å². The van der Waals surface area contributed by atoms with Crippen LogP contribution in [-0.4, -0.2) is 46.7 Å². The molecule has 1 unspecified atom stereocenters. The van der Waals surface area contributed by atoms with Gasteiger partial charge in [0.25, 0.3) is 0 Å². The van der Waals surface area contributed by atoms with Gasteiger partial charge in [0.15, 0.2) is 0 Å². The maximum atomic E-state index is 13.4. The maximum Gasteiger partial charge on any atom is 0.233 e. The highest BCUT2D eigenvalue weighted by atomic mass is 16.5. The Morgan fingerprint density at radius 1 is 1.14 bits per heavy atom. The Balaban J connectivity index is 1.34. The standard InChI is InChI=1S/C23H29N3O2/c1-17-15-24-21(18-8-13-28-14-9-18)26(17)20-7-12-25(16-20)22(27)23(10-11-23)19-5-3-2-4-6-19/h2-6,15,18,20H,7-14,16H2,1H3. The maximum absolute atomic E-state index is 13.4. The van der Waals surface area contributed by atoms with Crippen LogP contribution in [0.3, 0.4) is 0 Å². The van der Waals surface area contributed by atoms with Crippen molar-refractivity contribution in [3.05, 3.63) is 53.6 Å². The molecule has 0 radical (unpaired) electrons. The Labute approximate surface area is 166 Å². The van der Waals surface area contributed by atoms with E-state index in [4.69, 9.17) is 9.72 Å². The summed E-state index contributed by atoms with van der Waals surface area (Å²) in [5.41, 5.74) is 2.14. The van der Waals surface area contributed by atoms with Crippen molar-refractivity contribution < 1.29 is 9.53 Å². The van der Waals surface area contributed by atoms with Gasteiger partial charge in [0.05, 0.1) is 11.5 Å². The molecule has 1 saturated carbocycles. The van der Waals surface area contributed by atoms with Gasteiger partial charge in [-0.05, 0) is 44.6 Å². The molecular weight excluding hydrogens is 350 g/mol. The van der Waals surface area contributed by atoms with Crippen molar-refractivity contribution in [2.75, 3.05) is 26.3 Å². The number of imidazole rings is 1. The zero-order valence-corrected chi connectivity index (χ0v) is 16.6. The van der Waals surface area contributed by atoms with Crippen LogP contribution in [0.4, 0.5) is 0 Å². The monoisotopic (exact) mass is 379 g/mol. The van der Waals surface area contributed by atoms with Gasteiger partial charge in [0, 0.05) is 44.1 Å². The zero-order chi connectivity index (χ0) is 19.1. The second kappa shape index (κ2) is 7.03. The highest BCUT2D eigenvalue weighted by Crippen LogP contribution is 2.50. The Hall–Kier alpha value is -2.14. The Kier molecular flexibility index (Phi) is 4.50. The van der Waals surface area contributed by atoms with E-state index in [2.05, 4.69) is 28.5 Å². The lowest BCUT2D eigenvalue weighted by atomic mass is 9.94. The van der Waals surface area contributed by atoms with E-state index in [-0.39, 0.29) is 5.41 Å². The Morgan fingerprint density at radius 3 is 2.61 bits per heavy atom. The third kappa shape index (κ3) is 2.96. The van der Waals surface area contributed by atoms with Crippen LogP contribution in [0.5, 0.6) is 0 Å². The summed E-state index contributed by atoms with van der Waals surface area (Å²) in [5, 5.41) is 0. The molecule has 1 aromatic carbocycles. The van der Waals surface area contributed by atoms with Crippen molar-refractivity contribution in [1.82, 2.24) is 14.5 Å². The molecule has 5 rings (SSSR count). The number of hydrogen-bond acceptors (Lipinski definition) is 3. The lowest BCUT2D eigenvalue weighted by molar-refractivity contribution is -0.133. The molecule has 0 N–H and O–H groups in total. The molecule has 2 aromatic rings. The fourth-order valence-corrected chi connectivity index (χ4v) is 5.15. The SMILES string of the molecule is Cc1cnc(C2CCOCC2)n1C1CCN(C(=O)C2(c3ccccc3)CC2)C1. The van der Waals surface area contributed by atoms with Gasteiger partial charge >= 0.3 is 0 Å². The van der Waals surface area contributed by atoms with Gasteiger partial charge in [-0.1, -0.05) is 30.3 Å². The molecule has 0 bridgehead atoms. The summed E-state index contributed by atoms with van der Waals surface area (Å²) < 4.78 is 7.96. The van der Waals surface area contributed by atoms with E-state index < -0.39 is 0 Å². The molecule has 148 valence electrons. The molecule has 1 aromatic heterocycles. The van der Waals surface area contributed by atoms with E-state index in [0.717, 1.165) is 58.4 Å². The molecule has 3 aliphatic rings. The molecule has 0 spiro atoms. The molecule has 5 nitrogen and oxygen atoms in total. The molecule has 3 fully saturated rings. The van der Waals surface area contributed by atoms with E-state index in [9.17, 15) is 4.79 Å². The van der Waals surface area contributed by atoms with E-state index in [1.807, 2.05) is 24.4 Å². The van der Waals surface area contributed by atoms with Gasteiger partial charge in [0.2, 0.25) is 5.91 Å². The van der Waals surface area contributed by atoms with Crippen LogP contribution in [0, 0.1) is 6.92 Å². The van der Waals surface area contributed by atoms with Gasteiger partial charge < -0.3 is 14.2 Å². The quantitative estimate of drug-likeness (QED) is 0.816. The molecule has 3 heterocycles. The second-order valence-electron chi connectivity index (χ2n) is 8.66. The molecule has 5 heteroatoms. The largest absolute Gasteiger partial charge is 0.381 e. The van der Waals surface area contributed by atoms with Crippen LogP contribution in [-0.2, 0) is 14.9 Å². The minimum Gasteiger partial charge on any atom is -0.381 e. The smallest absolute Gasteiger partial charge is 0.233 e. The van der Waals surface area contributed by atoms with Crippen molar-refractivity contribution in [2.45, 2.75) is 56.4 Å². The third-order valence-electron chi connectivity index (χ3n) is 6.90. The predicted molar refractivity (Wildman–Crippen MR) is 107 cm³/mol. The number of aryl methyl sites for hydroxylation is 1. The van der Waals surface area contributed by atoms with E-state index in [0.29, 0.717) is 17.9 Å². The molecule has 1 amide bonds. The van der Waals surface area contributed by atoms with Crippen LogP contribution in [0.2, 0.25) is 0 Å². The first-order chi connectivity index (χ1) is 13.7. The van der Waals surface area contributed by atoms with Crippen molar-refractivity contribution in [1.29, 1.82) is 0 Å². The van der Waals surface area contributed by atoms with Gasteiger partial charge in [-0.3, -0.25) is 4.79 Å². The number of nitrogens with zero attached hydrogens (tertiary/aromatic N) is 3. The average molecular weight is 380 g/mol. The summed E-state index contributed by atoms with van der Waals surface area (Å²) in [6, 6.07) is 10.7. The minimum atomic E-state index is -0.260. The third-order valence-corrected chi connectivity index (χ3v) is 6.90. The fraction of sp³-hybridized carbons (Fsp3) is 0.565. The number of likely N-dealkylation sites (tertiary alicyclic amines) is 1. The first-order valence-electron chi connectivity index (χ1n) is 10.7. The summed E-state index contributed by atoms with van der Waals surface area (Å²) in [7, 11) is 0. The van der Waals surface area contributed by atoms with Crippen LogP contribution in [0.25, 0.3) is 0 Å². The molecule has 1 atom stereocenters. The van der Waals surface area contributed by atoms with Gasteiger partial charge in [-0.25, -0.2) is 4.98 Å². The van der Waals surface area contributed by atoms with Crippen molar-refractivity contribution in [2.24, 2.45) is 0 Å². The number of amides is 1. The topological polar surface area (TPSA) is 47.4 Å². The first kappa shape index (κ1) is 17.9. The van der Waals surface area contributed by atoms with E-state index >= 15 is 0 Å².